The molecule has 0 bridgehead atoms. The van der Waals surface area contributed by atoms with E-state index in [0.29, 0.717) is 29.9 Å². The molecule has 1 saturated heterocycles. The van der Waals surface area contributed by atoms with Gasteiger partial charge in [0.2, 0.25) is 5.91 Å². The van der Waals surface area contributed by atoms with Crippen LogP contribution in [0, 0.1) is 5.92 Å². The van der Waals surface area contributed by atoms with Gasteiger partial charge in [0.15, 0.2) is 17.5 Å². The summed E-state index contributed by atoms with van der Waals surface area (Å²) in [6, 6.07) is 7.87. The second-order valence-corrected chi connectivity index (χ2v) is 7.58. The lowest BCUT2D eigenvalue weighted by atomic mass is 9.96. The fourth-order valence-corrected chi connectivity index (χ4v) is 3.92. The highest BCUT2D eigenvalue weighted by Crippen LogP contribution is 2.30. The minimum atomic E-state index is 0.0293. The Morgan fingerprint density at radius 2 is 1.90 bits per heavy atom. The number of amides is 1. The molecule has 154 valence electrons. The van der Waals surface area contributed by atoms with E-state index in [1.165, 1.54) is 6.33 Å². The van der Waals surface area contributed by atoms with Crippen LogP contribution >= 0.6 is 0 Å². The predicted molar refractivity (Wildman–Crippen MR) is 112 cm³/mol. The van der Waals surface area contributed by atoms with Gasteiger partial charge in [-0.3, -0.25) is 14.8 Å². The highest BCUT2D eigenvalue weighted by Gasteiger charge is 2.28. The molecule has 2 aromatic heterocycles. The maximum atomic E-state index is 12.6. The summed E-state index contributed by atoms with van der Waals surface area (Å²) in [5.41, 5.74) is 2.60. The molecule has 0 radical (unpaired) electrons. The zero-order valence-electron chi connectivity index (χ0n) is 16.5. The van der Waals surface area contributed by atoms with Crippen molar-refractivity contribution in [1.82, 2.24) is 25.1 Å². The lowest BCUT2D eigenvalue weighted by Crippen LogP contribution is -2.42. The van der Waals surface area contributed by atoms with Crippen molar-refractivity contribution in [3.8, 4) is 22.6 Å². The topological polar surface area (TPSA) is 109 Å². The van der Waals surface area contributed by atoms with E-state index in [1.807, 2.05) is 24.3 Å². The summed E-state index contributed by atoms with van der Waals surface area (Å²) in [5.74, 6) is 2.59. The van der Waals surface area contributed by atoms with Crippen LogP contribution in [0.5, 0.6) is 0 Å². The fraction of sp³-hybridized carbons (Fsp3) is 0.381. The molecule has 2 aliphatic heterocycles. The molecule has 30 heavy (non-hydrogen) atoms. The maximum Gasteiger partial charge on any atom is 0.247 e. The molecule has 5 rings (SSSR count). The van der Waals surface area contributed by atoms with Crippen molar-refractivity contribution in [1.29, 1.82) is 0 Å². The first-order chi connectivity index (χ1) is 14.8. The highest BCUT2D eigenvalue weighted by molar-refractivity contribution is 6.00. The van der Waals surface area contributed by atoms with E-state index in [4.69, 9.17) is 9.72 Å². The van der Waals surface area contributed by atoms with Crippen LogP contribution in [0.3, 0.4) is 0 Å². The largest absolute Gasteiger partial charge is 0.381 e. The van der Waals surface area contributed by atoms with E-state index in [-0.39, 0.29) is 12.5 Å². The van der Waals surface area contributed by atoms with E-state index >= 15 is 0 Å². The first kappa shape index (κ1) is 18.7. The van der Waals surface area contributed by atoms with Crippen LogP contribution in [0.2, 0.25) is 0 Å². The van der Waals surface area contributed by atoms with Crippen LogP contribution in [0.1, 0.15) is 19.3 Å². The fourth-order valence-electron chi connectivity index (χ4n) is 3.92. The Balaban J connectivity index is 1.38. The van der Waals surface area contributed by atoms with Crippen molar-refractivity contribution in [2.75, 3.05) is 36.5 Å². The molecule has 4 heterocycles. The molecule has 0 saturated carbocycles. The third kappa shape index (κ3) is 3.76. The number of carbonyl (C=O) groups excluding carboxylic acids is 1. The number of nitrogens with one attached hydrogen (secondary N) is 2. The molecule has 0 aliphatic carbocycles. The van der Waals surface area contributed by atoms with Gasteiger partial charge in [0.05, 0.1) is 18.4 Å². The average Bonchev–Trinajstić information content (AvgIpc) is 3.34. The number of fused-ring (bicyclic) bond motifs is 1. The first-order valence-electron chi connectivity index (χ1n) is 10.2. The number of aromatic amines is 1. The van der Waals surface area contributed by atoms with E-state index in [1.54, 1.807) is 11.1 Å². The third-order valence-corrected chi connectivity index (χ3v) is 5.69. The Hall–Kier alpha value is -3.33. The summed E-state index contributed by atoms with van der Waals surface area (Å²) >= 11 is 0. The lowest BCUT2D eigenvalue weighted by molar-refractivity contribution is -0.117. The minimum Gasteiger partial charge on any atom is -0.381 e. The van der Waals surface area contributed by atoms with Crippen LogP contribution in [-0.2, 0) is 9.53 Å². The number of carbonyl (C=O) groups is 1. The number of anilines is 2. The molecule has 1 fully saturated rings. The Kier molecular flexibility index (Phi) is 5.10. The van der Waals surface area contributed by atoms with Gasteiger partial charge in [-0.25, -0.2) is 15.0 Å². The highest BCUT2D eigenvalue weighted by atomic mass is 16.5. The van der Waals surface area contributed by atoms with Crippen LogP contribution in [0.15, 0.2) is 36.8 Å². The van der Waals surface area contributed by atoms with Crippen molar-refractivity contribution in [2.24, 2.45) is 5.92 Å². The smallest absolute Gasteiger partial charge is 0.247 e. The van der Waals surface area contributed by atoms with E-state index < -0.39 is 0 Å². The number of H-pyrrole nitrogens is 1. The number of nitrogens with zero attached hydrogens (tertiary/aromatic N) is 5. The average molecular weight is 405 g/mol. The number of rotatable bonds is 5. The second-order valence-electron chi connectivity index (χ2n) is 7.58. The molecular formula is C21H23N7O2. The predicted octanol–water partition coefficient (Wildman–Crippen LogP) is 2.50. The zero-order valence-corrected chi connectivity index (χ0v) is 16.5. The molecule has 9 heteroatoms. The number of benzene rings is 1. The summed E-state index contributed by atoms with van der Waals surface area (Å²) in [4.78, 5) is 27.9. The summed E-state index contributed by atoms with van der Waals surface area (Å²) in [5, 5.41) is 9.82. The van der Waals surface area contributed by atoms with E-state index in [2.05, 4.69) is 25.5 Å². The monoisotopic (exact) mass is 405 g/mol. The van der Waals surface area contributed by atoms with Crippen molar-refractivity contribution in [2.45, 2.75) is 19.3 Å². The van der Waals surface area contributed by atoms with Gasteiger partial charge in [-0.05, 0) is 25.2 Å². The standard InChI is InChI=1S/C21H23N7O2/c29-18-12-23-20-21(28(18)8-5-14-6-9-30-10-7-14)26-17(11-22-20)15-1-3-16(4-2-15)19-24-13-25-27-19/h1-4,11,13-14H,5-10,12H2,(H,22,23)(H,24,25,27). The summed E-state index contributed by atoms with van der Waals surface area (Å²) < 4.78 is 5.44. The number of hydrogen-bond acceptors (Lipinski definition) is 7. The van der Waals surface area contributed by atoms with Gasteiger partial charge in [0.1, 0.15) is 6.33 Å². The Bertz CT molecular complexity index is 1010. The van der Waals surface area contributed by atoms with E-state index in [9.17, 15) is 4.79 Å². The van der Waals surface area contributed by atoms with E-state index in [0.717, 1.165) is 49.3 Å². The molecule has 0 spiro atoms. The molecule has 0 unspecified atom stereocenters. The van der Waals surface area contributed by atoms with Crippen LogP contribution in [0.4, 0.5) is 11.6 Å². The Morgan fingerprint density at radius 3 is 2.67 bits per heavy atom. The van der Waals surface area contributed by atoms with Gasteiger partial charge in [-0.2, -0.15) is 5.10 Å². The van der Waals surface area contributed by atoms with Crippen LogP contribution in [0.25, 0.3) is 22.6 Å². The van der Waals surface area contributed by atoms with Gasteiger partial charge in [0.25, 0.3) is 0 Å². The molecule has 2 aliphatic rings. The van der Waals surface area contributed by atoms with Crippen molar-refractivity contribution >= 4 is 17.5 Å². The zero-order chi connectivity index (χ0) is 20.3. The lowest BCUT2D eigenvalue weighted by Gasteiger charge is -2.30. The third-order valence-electron chi connectivity index (χ3n) is 5.69. The van der Waals surface area contributed by atoms with Gasteiger partial charge in [-0.1, -0.05) is 24.3 Å². The molecular weight excluding hydrogens is 382 g/mol. The first-order valence-corrected chi connectivity index (χ1v) is 10.2. The number of aromatic nitrogens is 5. The Labute approximate surface area is 173 Å². The summed E-state index contributed by atoms with van der Waals surface area (Å²) in [6.45, 7) is 2.52. The minimum absolute atomic E-state index is 0.0293. The van der Waals surface area contributed by atoms with Crippen molar-refractivity contribution in [3.05, 3.63) is 36.8 Å². The van der Waals surface area contributed by atoms with Crippen molar-refractivity contribution < 1.29 is 9.53 Å². The molecule has 2 N–H and O–H groups in total. The van der Waals surface area contributed by atoms with Gasteiger partial charge >= 0.3 is 0 Å². The normalized spacial score (nSPS) is 16.9. The SMILES string of the molecule is O=C1CNc2ncc(-c3ccc(-c4ncn[nH]4)cc3)nc2N1CCC1CCOCC1. The summed E-state index contributed by atoms with van der Waals surface area (Å²) in [7, 11) is 0. The van der Waals surface area contributed by atoms with Crippen LogP contribution in [-0.4, -0.2) is 57.4 Å². The molecule has 9 nitrogen and oxygen atoms in total. The second kappa shape index (κ2) is 8.19. The quantitative estimate of drug-likeness (QED) is 0.671. The van der Waals surface area contributed by atoms with Crippen LogP contribution < -0.4 is 10.2 Å². The van der Waals surface area contributed by atoms with Gasteiger partial charge in [-0.15, -0.1) is 0 Å². The molecule has 0 atom stereocenters. The Morgan fingerprint density at radius 1 is 1.10 bits per heavy atom. The molecule has 1 aromatic carbocycles. The maximum absolute atomic E-state index is 12.6. The number of hydrogen-bond donors (Lipinski definition) is 2. The van der Waals surface area contributed by atoms with Gasteiger partial charge in [0, 0.05) is 30.9 Å². The molecule has 1 amide bonds. The van der Waals surface area contributed by atoms with Crippen molar-refractivity contribution in [3.63, 3.8) is 0 Å². The molecule has 3 aromatic rings. The number of ether oxygens (including phenoxy) is 1. The van der Waals surface area contributed by atoms with Gasteiger partial charge < -0.3 is 10.1 Å². The summed E-state index contributed by atoms with van der Waals surface area (Å²) in [6.07, 6.45) is 6.28.